The van der Waals surface area contributed by atoms with Crippen molar-refractivity contribution in [2.75, 3.05) is 5.32 Å². The summed E-state index contributed by atoms with van der Waals surface area (Å²) in [6.07, 6.45) is 1.32. The van der Waals surface area contributed by atoms with E-state index in [9.17, 15) is 9.59 Å². The minimum absolute atomic E-state index is 0.0255. The van der Waals surface area contributed by atoms with Crippen LogP contribution in [0.2, 0.25) is 5.02 Å². The van der Waals surface area contributed by atoms with Gasteiger partial charge in [-0.25, -0.2) is 4.98 Å². The van der Waals surface area contributed by atoms with Crippen LogP contribution < -0.4 is 10.9 Å². The number of thiazole rings is 1. The zero-order valence-corrected chi connectivity index (χ0v) is 15.8. The first kappa shape index (κ1) is 17.5. The van der Waals surface area contributed by atoms with Crippen molar-refractivity contribution in [3.8, 4) is 11.3 Å². The highest BCUT2D eigenvalue weighted by Gasteiger charge is 2.18. The molecule has 0 fully saturated rings. The van der Waals surface area contributed by atoms with E-state index in [2.05, 4.69) is 10.3 Å². The van der Waals surface area contributed by atoms with Crippen LogP contribution in [0.3, 0.4) is 0 Å². The van der Waals surface area contributed by atoms with Crippen molar-refractivity contribution in [2.45, 2.75) is 6.92 Å². The van der Waals surface area contributed by atoms with Crippen LogP contribution in [0.5, 0.6) is 0 Å². The molecule has 2 heterocycles. The Balaban J connectivity index is 1.79. The van der Waals surface area contributed by atoms with Crippen molar-refractivity contribution in [3.05, 3.63) is 86.6 Å². The molecular formula is C20H14ClN3O2S. The summed E-state index contributed by atoms with van der Waals surface area (Å²) in [7, 11) is 0. The fourth-order valence-electron chi connectivity index (χ4n) is 2.79. The summed E-state index contributed by atoms with van der Waals surface area (Å²) in [5.74, 6) is -0.516. The summed E-state index contributed by atoms with van der Waals surface area (Å²) in [6.45, 7) is 1.80. The van der Waals surface area contributed by atoms with E-state index in [4.69, 9.17) is 11.6 Å². The molecule has 0 aliphatic heterocycles. The molecule has 0 saturated carbocycles. The van der Waals surface area contributed by atoms with Crippen LogP contribution in [0.4, 0.5) is 5.69 Å². The maximum Gasteiger partial charge on any atom is 0.271 e. The number of benzene rings is 2. The van der Waals surface area contributed by atoms with Gasteiger partial charge in [-0.1, -0.05) is 48.0 Å². The summed E-state index contributed by atoms with van der Waals surface area (Å²) in [5.41, 5.74) is 2.46. The van der Waals surface area contributed by atoms with E-state index < -0.39 is 11.5 Å². The van der Waals surface area contributed by atoms with Crippen LogP contribution in [-0.2, 0) is 0 Å². The predicted molar refractivity (Wildman–Crippen MR) is 109 cm³/mol. The number of nitrogens with zero attached hydrogens (tertiary/aromatic N) is 2. The highest BCUT2D eigenvalue weighted by Crippen LogP contribution is 2.25. The van der Waals surface area contributed by atoms with Crippen LogP contribution in [0.25, 0.3) is 16.2 Å². The average molecular weight is 396 g/mol. The molecular weight excluding hydrogens is 382 g/mol. The number of anilines is 1. The van der Waals surface area contributed by atoms with Gasteiger partial charge < -0.3 is 5.32 Å². The number of aromatic nitrogens is 2. The van der Waals surface area contributed by atoms with Gasteiger partial charge in [0.15, 0.2) is 4.96 Å². The Morgan fingerprint density at radius 1 is 1.15 bits per heavy atom. The van der Waals surface area contributed by atoms with E-state index in [1.807, 2.05) is 35.7 Å². The summed E-state index contributed by atoms with van der Waals surface area (Å²) in [4.78, 5) is 30.5. The smallest absolute Gasteiger partial charge is 0.271 e. The topological polar surface area (TPSA) is 63.5 Å². The highest BCUT2D eigenvalue weighted by molar-refractivity contribution is 7.15. The molecule has 2 aromatic heterocycles. The molecule has 0 unspecified atom stereocenters. The number of rotatable bonds is 3. The van der Waals surface area contributed by atoms with Gasteiger partial charge in [0.05, 0.1) is 5.69 Å². The first-order chi connectivity index (χ1) is 13.1. The van der Waals surface area contributed by atoms with E-state index >= 15 is 0 Å². The van der Waals surface area contributed by atoms with Gasteiger partial charge >= 0.3 is 0 Å². The summed E-state index contributed by atoms with van der Waals surface area (Å²) in [5, 5.41) is 5.16. The Bertz CT molecular complexity index is 1220. The summed E-state index contributed by atoms with van der Waals surface area (Å²) >= 11 is 7.45. The molecule has 7 heteroatoms. The van der Waals surface area contributed by atoms with Crippen LogP contribution in [-0.4, -0.2) is 15.3 Å². The van der Waals surface area contributed by atoms with E-state index in [0.29, 0.717) is 21.4 Å². The first-order valence-electron chi connectivity index (χ1n) is 8.17. The second-order valence-electron chi connectivity index (χ2n) is 5.95. The number of halogens is 1. The summed E-state index contributed by atoms with van der Waals surface area (Å²) < 4.78 is 1.47. The molecule has 4 aromatic rings. The lowest BCUT2D eigenvalue weighted by Crippen LogP contribution is -2.26. The lowest BCUT2D eigenvalue weighted by atomic mass is 10.1. The van der Waals surface area contributed by atoms with Crippen molar-refractivity contribution in [2.24, 2.45) is 0 Å². The van der Waals surface area contributed by atoms with Crippen LogP contribution in [0, 0.1) is 6.92 Å². The minimum Gasteiger partial charge on any atom is -0.321 e. The fourth-order valence-corrected chi connectivity index (χ4v) is 3.82. The van der Waals surface area contributed by atoms with Crippen molar-refractivity contribution in [1.29, 1.82) is 0 Å². The lowest BCUT2D eigenvalue weighted by molar-refractivity contribution is 0.102. The number of hydrogen-bond donors (Lipinski definition) is 1. The number of nitrogens with one attached hydrogen (secondary N) is 1. The van der Waals surface area contributed by atoms with Crippen LogP contribution >= 0.6 is 22.9 Å². The zero-order chi connectivity index (χ0) is 19.0. The molecule has 1 N–H and O–H groups in total. The van der Waals surface area contributed by atoms with Crippen molar-refractivity contribution in [1.82, 2.24) is 9.38 Å². The fraction of sp³-hybridized carbons (Fsp3) is 0.0500. The summed E-state index contributed by atoms with van der Waals surface area (Å²) in [6, 6.07) is 14.8. The normalized spacial score (nSPS) is 10.9. The van der Waals surface area contributed by atoms with Gasteiger partial charge in [0.25, 0.3) is 11.5 Å². The average Bonchev–Trinajstić information content (AvgIpc) is 3.11. The molecule has 0 aliphatic carbocycles. The molecule has 27 heavy (non-hydrogen) atoms. The van der Waals surface area contributed by atoms with E-state index in [1.54, 1.807) is 25.1 Å². The lowest BCUT2D eigenvalue weighted by Gasteiger charge is -2.09. The Morgan fingerprint density at radius 2 is 1.93 bits per heavy atom. The number of hydrogen-bond acceptors (Lipinski definition) is 4. The first-order valence-corrected chi connectivity index (χ1v) is 9.43. The van der Waals surface area contributed by atoms with Crippen LogP contribution in [0.15, 0.2) is 64.9 Å². The van der Waals surface area contributed by atoms with Crippen molar-refractivity contribution >= 4 is 39.5 Å². The molecule has 5 nitrogen and oxygen atoms in total. The molecule has 134 valence electrons. The Hall–Kier alpha value is -2.96. The zero-order valence-electron chi connectivity index (χ0n) is 14.3. The maximum atomic E-state index is 13.0. The molecule has 0 spiro atoms. The third-order valence-electron chi connectivity index (χ3n) is 4.28. The molecule has 2 aromatic carbocycles. The van der Waals surface area contributed by atoms with Crippen LogP contribution in [0.1, 0.15) is 15.9 Å². The number of amides is 1. The van der Waals surface area contributed by atoms with E-state index in [-0.39, 0.29) is 5.56 Å². The van der Waals surface area contributed by atoms with Gasteiger partial charge in [0, 0.05) is 22.3 Å². The number of fused-ring (bicyclic) bond motifs is 1. The Labute approximate surface area is 163 Å². The highest BCUT2D eigenvalue weighted by atomic mass is 35.5. The van der Waals surface area contributed by atoms with Gasteiger partial charge in [0.2, 0.25) is 0 Å². The monoisotopic (exact) mass is 395 g/mol. The molecule has 0 atom stereocenters. The number of carbonyl (C=O) groups is 1. The molecule has 4 rings (SSSR count). The molecule has 1 amide bonds. The Kier molecular flexibility index (Phi) is 4.51. The predicted octanol–water partition coefficient (Wildman–Crippen LogP) is 4.64. The maximum absolute atomic E-state index is 13.0. The standard InChI is InChI=1S/C20H14ClN3O2S/c1-12-15(21)8-5-9-16(12)23-18(25)14-10-22-20-24(19(14)26)17(11-27-20)13-6-3-2-4-7-13/h2-11H,1H3,(H,23,25). The molecule has 0 radical (unpaired) electrons. The van der Waals surface area contributed by atoms with Crippen molar-refractivity contribution in [3.63, 3.8) is 0 Å². The van der Waals surface area contributed by atoms with Gasteiger partial charge in [-0.15, -0.1) is 11.3 Å². The van der Waals surface area contributed by atoms with Gasteiger partial charge in [-0.05, 0) is 30.2 Å². The van der Waals surface area contributed by atoms with E-state index in [0.717, 1.165) is 11.1 Å². The quantitative estimate of drug-likeness (QED) is 0.549. The minimum atomic E-state index is -0.516. The molecule has 0 bridgehead atoms. The second kappa shape index (κ2) is 6.98. The van der Waals surface area contributed by atoms with Gasteiger partial charge in [0.1, 0.15) is 5.56 Å². The largest absolute Gasteiger partial charge is 0.321 e. The van der Waals surface area contributed by atoms with Gasteiger partial charge in [-0.2, -0.15) is 0 Å². The third kappa shape index (κ3) is 3.13. The second-order valence-corrected chi connectivity index (χ2v) is 7.19. The van der Waals surface area contributed by atoms with Gasteiger partial charge in [-0.3, -0.25) is 14.0 Å². The number of carbonyl (C=O) groups excluding carboxylic acids is 1. The Morgan fingerprint density at radius 3 is 2.70 bits per heavy atom. The SMILES string of the molecule is Cc1c(Cl)cccc1NC(=O)c1cnc2scc(-c3ccccc3)n2c1=O. The molecule has 0 aliphatic rings. The van der Waals surface area contributed by atoms with Crippen molar-refractivity contribution < 1.29 is 4.79 Å². The van der Waals surface area contributed by atoms with E-state index in [1.165, 1.54) is 21.9 Å². The molecule has 0 saturated heterocycles. The third-order valence-corrected chi connectivity index (χ3v) is 5.53.